The average Bonchev–Trinajstić information content (AvgIpc) is 2.66. The third-order valence-electron chi connectivity index (χ3n) is 3.91. The molecule has 136 valence electrons. The molecule has 0 saturated carbocycles. The van der Waals surface area contributed by atoms with E-state index >= 15 is 0 Å². The molecule has 8 heteroatoms. The van der Waals surface area contributed by atoms with E-state index in [0.29, 0.717) is 32.0 Å². The lowest BCUT2D eigenvalue weighted by Gasteiger charge is -2.30. The number of nitrogens with zero attached hydrogens (tertiary/aromatic N) is 1. The van der Waals surface area contributed by atoms with Gasteiger partial charge in [-0.3, -0.25) is 9.59 Å². The molecule has 0 radical (unpaired) electrons. The number of halogens is 2. The SMILES string of the molecule is O=C(Nc1ccccc1N1CCOCC1)C(=O)Nc1c(Cl)cccc1Cl. The second-order valence-electron chi connectivity index (χ2n) is 5.62. The maximum Gasteiger partial charge on any atom is 0.314 e. The van der Waals surface area contributed by atoms with Crippen molar-refractivity contribution in [1.29, 1.82) is 0 Å². The summed E-state index contributed by atoms with van der Waals surface area (Å²) in [5.41, 5.74) is 1.60. The monoisotopic (exact) mass is 393 g/mol. The van der Waals surface area contributed by atoms with Crippen LogP contribution in [0.1, 0.15) is 0 Å². The van der Waals surface area contributed by atoms with Gasteiger partial charge in [0.2, 0.25) is 0 Å². The van der Waals surface area contributed by atoms with E-state index in [0.717, 1.165) is 5.69 Å². The predicted molar refractivity (Wildman–Crippen MR) is 103 cm³/mol. The minimum absolute atomic E-state index is 0.206. The highest BCUT2D eigenvalue weighted by atomic mass is 35.5. The highest BCUT2D eigenvalue weighted by Crippen LogP contribution is 2.30. The first-order valence-electron chi connectivity index (χ1n) is 8.04. The van der Waals surface area contributed by atoms with Gasteiger partial charge in [-0.15, -0.1) is 0 Å². The molecule has 0 bridgehead atoms. The first kappa shape index (κ1) is 18.5. The molecule has 2 aromatic rings. The Hall–Kier alpha value is -2.28. The van der Waals surface area contributed by atoms with Crippen molar-refractivity contribution < 1.29 is 14.3 Å². The molecule has 6 nitrogen and oxygen atoms in total. The molecule has 0 atom stereocenters. The number of para-hydroxylation sites is 3. The third-order valence-corrected chi connectivity index (χ3v) is 4.54. The van der Waals surface area contributed by atoms with Gasteiger partial charge in [0.25, 0.3) is 0 Å². The lowest BCUT2D eigenvalue weighted by molar-refractivity contribution is -0.132. The average molecular weight is 394 g/mol. The number of benzene rings is 2. The van der Waals surface area contributed by atoms with Gasteiger partial charge in [-0.05, 0) is 24.3 Å². The summed E-state index contributed by atoms with van der Waals surface area (Å²) in [4.78, 5) is 26.7. The number of carbonyl (C=O) groups is 2. The van der Waals surface area contributed by atoms with Crippen LogP contribution in [-0.2, 0) is 14.3 Å². The van der Waals surface area contributed by atoms with E-state index in [4.69, 9.17) is 27.9 Å². The highest BCUT2D eigenvalue weighted by Gasteiger charge is 2.20. The standard InChI is InChI=1S/C18H17Cl2N3O3/c19-12-4-3-5-13(20)16(12)22-18(25)17(24)21-14-6-1-2-7-15(14)23-8-10-26-11-9-23/h1-7H,8-11H2,(H,21,24)(H,22,25). The number of carbonyl (C=O) groups excluding carboxylic acids is 2. The molecule has 1 aliphatic heterocycles. The van der Waals surface area contributed by atoms with E-state index in [2.05, 4.69) is 15.5 Å². The summed E-state index contributed by atoms with van der Waals surface area (Å²) < 4.78 is 5.35. The van der Waals surface area contributed by atoms with E-state index in [-0.39, 0.29) is 15.7 Å². The maximum absolute atomic E-state index is 12.3. The Labute approximate surface area is 161 Å². The Morgan fingerprint density at radius 2 is 1.50 bits per heavy atom. The molecule has 0 aromatic heterocycles. The van der Waals surface area contributed by atoms with E-state index in [1.165, 1.54) is 0 Å². The summed E-state index contributed by atoms with van der Waals surface area (Å²) in [5, 5.41) is 5.61. The van der Waals surface area contributed by atoms with Crippen LogP contribution in [0.15, 0.2) is 42.5 Å². The van der Waals surface area contributed by atoms with Crippen molar-refractivity contribution in [3.63, 3.8) is 0 Å². The summed E-state index contributed by atoms with van der Waals surface area (Å²) in [6, 6.07) is 12.1. The highest BCUT2D eigenvalue weighted by molar-refractivity contribution is 6.46. The minimum Gasteiger partial charge on any atom is -0.378 e. The minimum atomic E-state index is -0.850. The van der Waals surface area contributed by atoms with Gasteiger partial charge in [-0.1, -0.05) is 41.4 Å². The second-order valence-corrected chi connectivity index (χ2v) is 6.44. The number of nitrogens with one attached hydrogen (secondary N) is 2. The van der Waals surface area contributed by atoms with Crippen molar-refractivity contribution >= 4 is 52.1 Å². The molecule has 1 saturated heterocycles. The van der Waals surface area contributed by atoms with Crippen LogP contribution >= 0.6 is 23.2 Å². The molecule has 1 aliphatic rings. The quantitative estimate of drug-likeness (QED) is 0.783. The van der Waals surface area contributed by atoms with E-state index < -0.39 is 11.8 Å². The van der Waals surface area contributed by atoms with Crippen molar-refractivity contribution in [1.82, 2.24) is 0 Å². The van der Waals surface area contributed by atoms with Gasteiger partial charge in [0.15, 0.2) is 0 Å². The summed E-state index contributed by atoms with van der Waals surface area (Å²) >= 11 is 12.0. The van der Waals surface area contributed by atoms with Gasteiger partial charge in [0.05, 0.1) is 40.3 Å². The number of ether oxygens (including phenoxy) is 1. The summed E-state index contributed by atoms with van der Waals surface area (Å²) in [6.07, 6.45) is 0. The summed E-state index contributed by atoms with van der Waals surface area (Å²) in [6.45, 7) is 2.67. The molecule has 3 rings (SSSR count). The van der Waals surface area contributed by atoms with Crippen LogP contribution in [0, 0.1) is 0 Å². The van der Waals surface area contributed by atoms with E-state index in [9.17, 15) is 9.59 Å². The van der Waals surface area contributed by atoms with Crippen molar-refractivity contribution in [2.75, 3.05) is 41.8 Å². The molecule has 2 N–H and O–H groups in total. The van der Waals surface area contributed by atoms with Gasteiger partial charge < -0.3 is 20.3 Å². The maximum atomic E-state index is 12.3. The Balaban J connectivity index is 1.73. The van der Waals surface area contributed by atoms with Crippen LogP contribution in [0.3, 0.4) is 0 Å². The Kier molecular flexibility index (Phi) is 5.98. The van der Waals surface area contributed by atoms with Gasteiger partial charge in [-0.25, -0.2) is 0 Å². The van der Waals surface area contributed by atoms with Gasteiger partial charge >= 0.3 is 11.8 Å². The number of hydrogen-bond acceptors (Lipinski definition) is 4. The van der Waals surface area contributed by atoms with Gasteiger partial charge in [-0.2, -0.15) is 0 Å². The molecule has 1 heterocycles. The Morgan fingerprint density at radius 3 is 2.19 bits per heavy atom. The topological polar surface area (TPSA) is 70.7 Å². The molecule has 26 heavy (non-hydrogen) atoms. The molecule has 0 spiro atoms. The fourth-order valence-corrected chi connectivity index (χ4v) is 3.12. The van der Waals surface area contributed by atoms with Crippen LogP contribution in [0.25, 0.3) is 0 Å². The molecule has 0 aliphatic carbocycles. The zero-order chi connectivity index (χ0) is 18.5. The van der Waals surface area contributed by atoms with Crippen molar-refractivity contribution in [3.8, 4) is 0 Å². The normalized spacial score (nSPS) is 14.0. The second kappa shape index (κ2) is 8.40. The molecule has 2 aromatic carbocycles. The number of amides is 2. The summed E-state index contributed by atoms with van der Waals surface area (Å²) in [7, 11) is 0. The number of anilines is 3. The van der Waals surface area contributed by atoms with E-state index in [1.54, 1.807) is 30.3 Å². The molecular weight excluding hydrogens is 377 g/mol. The lowest BCUT2D eigenvalue weighted by Crippen LogP contribution is -2.37. The van der Waals surface area contributed by atoms with Crippen molar-refractivity contribution in [3.05, 3.63) is 52.5 Å². The first-order chi connectivity index (χ1) is 12.6. The number of morpholine rings is 1. The van der Waals surface area contributed by atoms with Crippen molar-refractivity contribution in [2.24, 2.45) is 0 Å². The molecule has 0 unspecified atom stereocenters. The van der Waals surface area contributed by atoms with E-state index in [1.807, 2.05) is 12.1 Å². The zero-order valence-corrected chi connectivity index (χ0v) is 15.3. The Morgan fingerprint density at radius 1 is 0.885 bits per heavy atom. The molecular formula is C18H17Cl2N3O3. The number of hydrogen-bond donors (Lipinski definition) is 2. The van der Waals surface area contributed by atoms with Crippen LogP contribution in [0.2, 0.25) is 10.0 Å². The largest absolute Gasteiger partial charge is 0.378 e. The number of rotatable bonds is 3. The van der Waals surface area contributed by atoms with Crippen LogP contribution in [0.4, 0.5) is 17.1 Å². The Bertz CT molecular complexity index is 803. The summed E-state index contributed by atoms with van der Waals surface area (Å²) in [5.74, 6) is -1.65. The third kappa shape index (κ3) is 4.27. The lowest BCUT2D eigenvalue weighted by atomic mass is 10.2. The first-order valence-corrected chi connectivity index (χ1v) is 8.80. The molecule has 2 amide bonds. The smallest absolute Gasteiger partial charge is 0.314 e. The fourth-order valence-electron chi connectivity index (χ4n) is 2.63. The van der Waals surface area contributed by atoms with Gasteiger partial charge in [0.1, 0.15) is 0 Å². The van der Waals surface area contributed by atoms with Gasteiger partial charge in [0, 0.05) is 13.1 Å². The predicted octanol–water partition coefficient (Wildman–Crippen LogP) is 3.41. The molecule has 1 fully saturated rings. The van der Waals surface area contributed by atoms with Crippen LogP contribution in [0.5, 0.6) is 0 Å². The van der Waals surface area contributed by atoms with Crippen molar-refractivity contribution in [2.45, 2.75) is 0 Å². The van der Waals surface area contributed by atoms with Crippen LogP contribution in [-0.4, -0.2) is 38.1 Å². The zero-order valence-electron chi connectivity index (χ0n) is 13.8. The van der Waals surface area contributed by atoms with Crippen LogP contribution < -0.4 is 15.5 Å². The fraction of sp³-hybridized carbons (Fsp3) is 0.222.